The molecule has 0 aromatic carbocycles. The molecule has 0 saturated carbocycles. The second kappa shape index (κ2) is 7.02. The van der Waals surface area contributed by atoms with Crippen LogP contribution in [0.1, 0.15) is 16.1 Å². The van der Waals surface area contributed by atoms with Gasteiger partial charge in [-0.2, -0.15) is 13.2 Å². The number of carbonyl (C=O) groups is 1. The van der Waals surface area contributed by atoms with Gasteiger partial charge in [0.15, 0.2) is 0 Å². The molecule has 0 aliphatic carbocycles. The number of ether oxygens (including phenoxy) is 1. The maximum atomic E-state index is 12.7. The van der Waals surface area contributed by atoms with E-state index < -0.39 is 17.8 Å². The van der Waals surface area contributed by atoms with E-state index in [0.29, 0.717) is 16.8 Å². The van der Waals surface area contributed by atoms with Crippen molar-refractivity contribution in [2.45, 2.75) is 6.18 Å². The third-order valence-corrected chi connectivity index (χ3v) is 3.71. The Hall–Kier alpha value is -3.49. The van der Waals surface area contributed by atoms with Gasteiger partial charge in [-0.15, -0.1) is 0 Å². The van der Waals surface area contributed by atoms with Gasteiger partial charge in [-0.25, -0.2) is 14.8 Å². The molecule has 2 N–H and O–H groups in total. The van der Waals surface area contributed by atoms with E-state index in [1.54, 1.807) is 12.1 Å². The molecule has 3 aromatic rings. The number of hydrogen-bond acceptors (Lipinski definition) is 6. The number of rotatable bonds is 3. The number of esters is 1. The summed E-state index contributed by atoms with van der Waals surface area (Å²) in [7, 11) is 1.22. The van der Waals surface area contributed by atoms with Crippen LogP contribution in [-0.2, 0) is 10.9 Å². The molecule has 0 bridgehead atoms. The Morgan fingerprint density at radius 1 is 1.11 bits per heavy atom. The number of nitrogen functional groups attached to an aromatic ring is 1. The smallest absolute Gasteiger partial charge is 0.433 e. The zero-order chi connectivity index (χ0) is 19.6. The van der Waals surface area contributed by atoms with Gasteiger partial charge in [0.25, 0.3) is 0 Å². The van der Waals surface area contributed by atoms with Crippen molar-refractivity contribution in [1.29, 1.82) is 0 Å². The lowest BCUT2D eigenvalue weighted by molar-refractivity contribution is -0.141. The van der Waals surface area contributed by atoms with E-state index in [4.69, 9.17) is 10.5 Å². The third-order valence-electron chi connectivity index (χ3n) is 3.71. The number of pyridine rings is 3. The average molecular weight is 374 g/mol. The lowest BCUT2D eigenvalue weighted by Crippen LogP contribution is -2.07. The summed E-state index contributed by atoms with van der Waals surface area (Å²) in [6, 6.07) is 8.28. The van der Waals surface area contributed by atoms with E-state index in [1.165, 1.54) is 31.5 Å². The zero-order valence-corrected chi connectivity index (χ0v) is 14.0. The standard InChI is InChI=1S/C18H13F3N4O2/c1-27-17(26)11-7-13(10-4-5-15(24-9-10)18(19,20)21)25-14(8-11)12-3-2-6-23-16(12)22/h2-9H,1H3,(H2,22,23). The molecule has 6 nitrogen and oxygen atoms in total. The van der Waals surface area contributed by atoms with Crippen molar-refractivity contribution in [3.8, 4) is 22.5 Å². The molecule has 0 amide bonds. The predicted octanol–water partition coefficient (Wildman–Crippen LogP) is 3.59. The first kappa shape index (κ1) is 18.3. The van der Waals surface area contributed by atoms with Gasteiger partial charge < -0.3 is 10.5 Å². The number of anilines is 1. The van der Waals surface area contributed by atoms with E-state index in [0.717, 1.165) is 12.3 Å². The number of carbonyl (C=O) groups excluding carboxylic acids is 1. The highest BCUT2D eigenvalue weighted by Crippen LogP contribution is 2.30. The minimum atomic E-state index is -4.55. The van der Waals surface area contributed by atoms with E-state index >= 15 is 0 Å². The quantitative estimate of drug-likeness (QED) is 0.705. The molecule has 0 fully saturated rings. The number of aromatic nitrogens is 3. The van der Waals surface area contributed by atoms with Crippen LogP contribution in [0.2, 0.25) is 0 Å². The van der Waals surface area contributed by atoms with Gasteiger partial charge >= 0.3 is 12.1 Å². The molecule has 3 rings (SSSR count). The van der Waals surface area contributed by atoms with Crippen LogP contribution >= 0.6 is 0 Å². The van der Waals surface area contributed by atoms with Crippen LogP contribution in [0.4, 0.5) is 19.0 Å². The number of alkyl halides is 3. The van der Waals surface area contributed by atoms with E-state index in [1.807, 2.05) is 0 Å². The van der Waals surface area contributed by atoms with Crippen LogP contribution < -0.4 is 5.73 Å². The molecule has 9 heteroatoms. The van der Waals surface area contributed by atoms with Crippen LogP contribution in [0.25, 0.3) is 22.5 Å². The maximum absolute atomic E-state index is 12.7. The van der Waals surface area contributed by atoms with Gasteiger partial charge in [0.1, 0.15) is 11.5 Å². The van der Waals surface area contributed by atoms with Gasteiger partial charge in [-0.05, 0) is 36.4 Å². The molecule has 0 aliphatic rings. The van der Waals surface area contributed by atoms with Crippen molar-refractivity contribution in [2.24, 2.45) is 0 Å². The normalized spacial score (nSPS) is 11.3. The largest absolute Gasteiger partial charge is 0.465 e. The average Bonchev–Trinajstić information content (AvgIpc) is 2.66. The third kappa shape index (κ3) is 3.86. The van der Waals surface area contributed by atoms with Gasteiger partial charge in [-0.1, -0.05) is 0 Å². The summed E-state index contributed by atoms with van der Waals surface area (Å²) in [4.78, 5) is 23.8. The second-order valence-corrected chi connectivity index (χ2v) is 5.48. The van der Waals surface area contributed by atoms with E-state index in [9.17, 15) is 18.0 Å². The number of nitrogens with two attached hydrogens (primary N) is 1. The Morgan fingerprint density at radius 3 is 2.44 bits per heavy atom. The Labute approximate surface area is 151 Å². The van der Waals surface area contributed by atoms with Crippen molar-refractivity contribution in [3.63, 3.8) is 0 Å². The highest BCUT2D eigenvalue weighted by Gasteiger charge is 2.32. The number of methoxy groups -OCH3 is 1. The number of nitrogens with zero attached hydrogens (tertiary/aromatic N) is 3. The van der Waals surface area contributed by atoms with Crippen LogP contribution in [-0.4, -0.2) is 28.0 Å². The van der Waals surface area contributed by atoms with E-state index in [-0.39, 0.29) is 17.1 Å². The Morgan fingerprint density at radius 2 is 1.85 bits per heavy atom. The predicted molar refractivity (Wildman–Crippen MR) is 91.5 cm³/mol. The summed E-state index contributed by atoms with van der Waals surface area (Å²) in [5.74, 6) is -0.425. The lowest BCUT2D eigenvalue weighted by atomic mass is 10.1. The molecule has 0 atom stereocenters. The Balaban J connectivity index is 2.14. The fourth-order valence-corrected chi connectivity index (χ4v) is 2.40. The van der Waals surface area contributed by atoms with Gasteiger partial charge in [-0.3, -0.25) is 4.98 Å². The highest BCUT2D eigenvalue weighted by atomic mass is 19.4. The summed E-state index contributed by atoms with van der Waals surface area (Å²) in [5, 5.41) is 0. The van der Waals surface area contributed by atoms with Crippen molar-refractivity contribution in [3.05, 3.63) is 60.0 Å². The number of hydrogen-bond donors (Lipinski definition) is 1. The molecule has 138 valence electrons. The lowest BCUT2D eigenvalue weighted by Gasteiger charge is -2.10. The molecule has 0 radical (unpaired) electrons. The maximum Gasteiger partial charge on any atom is 0.433 e. The molecule has 0 spiro atoms. The molecule has 27 heavy (non-hydrogen) atoms. The fraction of sp³-hybridized carbons (Fsp3) is 0.111. The van der Waals surface area contributed by atoms with Crippen molar-refractivity contribution in [1.82, 2.24) is 15.0 Å². The summed E-state index contributed by atoms with van der Waals surface area (Å²) in [6.07, 6.45) is -2.00. The van der Waals surface area contributed by atoms with E-state index in [2.05, 4.69) is 15.0 Å². The van der Waals surface area contributed by atoms with Crippen LogP contribution in [0.3, 0.4) is 0 Å². The topological polar surface area (TPSA) is 91.0 Å². The first-order valence-electron chi connectivity index (χ1n) is 7.64. The van der Waals surface area contributed by atoms with Crippen molar-refractivity contribution >= 4 is 11.8 Å². The molecule has 3 heterocycles. The second-order valence-electron chi connectivity index (χ2n) is 5.48. The molecule has 0 unspecified atom stereocenters. The summed E-state index contributed by atoms with van der Waals surface area (Å²) >= 11 is 0. The molecular weight excluding hydrogens is 361 g/mol. The van der Waals surface area contributed by atoms with Gasteiger partial charge in [0, 0.05) is 23.5 Å². The monoisotopic (exact) mass is 374 g/mol. The van der Waals surface area contributed by atoms with Crippen LogP contribution in [0, 0.1) is 0 Å². The molecular formula is C18H13F3N4O2. The minimum absolute atomic E-state index is 0.167. The molecule has 0 aliphatic heterocycles. The zero-order valence-electron chi connectivity index (χ0n) is 14.0. The fourth-order valence-electron chi connectivity index (χ4n) is 2.40. The first-order chi connectivity index (χ1) is 12.8. The molecule has 3 aromatic heterocycles. The summed E-state index contributed by atoms with van der Waals surface area (Å²) < 4.78 is 42.9. The Bertz CT molecular complexity index is 989. The Kier molecular flexibility index (Phi) is 4.76. The van der Waals surface area contributed by atoms with Gasteiger partial charge in [0.05, 0.1) is 24.1 Å². The number of halogens is 3. The van der Waals surface area contributed by atoms with Gasteiger partial charge in [0.2, 0.25) is 0 Å². The van der Waals surface area contributed by atoms with Crippen LogP contribution in [0.5, 0.6) is 0 Å². The van der Waals surface area contributed by atoms with Crippen molar-refractivity contribution in [2.75, 3.05) is 12.8 Å². The summed E-state index contributed by atoms with van der Waals surface area (Å²) in [6.45, 7) is 0. The highest BCUT2D eigenvalue weighted by molar-refractivity contribution is 5.92. The van der Waals surface area contributed by atoms with Crippen LogP contribution in [0.15, 0.2) is 48.8 Å². The molecule has 0 saturated heterocycles. The minimum Gasteiger partial charge on any atom is -0.465 e. The SMILES string of the molecule is COC(=O)c1cc(-c2ccc(C(F)(F)F)nc2)nc(-c2cccnc2N)c1. The van der Waals surface area contributed by atoms with Crippen molar-refractivity contribution < 1.29 is 22.7 Å². The summed E-state index contributed by atoms with van der Waals surface area (Å²) in [5.41, 5.74) is 6.37. The first-order valence-corrected chi connectivity index (χ1v) is 7.64.